The van der Waals surface area contributed by atoms with Gasteiger partial charge in [-0.15, -0.1) is 6.58 Å². The van der Waals surface area contributed by atoms with Gasteiger partial charge in [0.1, 0.15) is 6.54 Å². The molecule has 108 valence electrons. The van der Waals surface area contributed by atoms with E-state index in [0.717, 1.165) is 4.90 Å². The van der Waals surface area contributed by atoms with Gasteiger partial charge in [0, 0.05) is 11.0 Å². The van der Waals surface area contributed by atoms with Crippen LogP contribution in [0.15, 0.2) is 29.3 Å². The van der Waals surface area contributed by atoms with Gasteiger partial charge in [-0.2, -0.15) is 0 Å². The molecule has 0 heterocycles. The summed E-state index contributed by atoms with van der Waals surface area (Å²) < 4.78 is 0.593. The second-order valence-corrected chi connectivity index (χ2v) is 5.33. The Kier molecular flexibility index (Phi) is 6.32. The number of anilines is 1. The van der Waals surface area contributed by atoms with Crippen molar-refractivity contribution in [2.24, 2.45) is 0 Å². The molecule has 0 unspecified atom stereocenters. The minimum absolute atomic E-state index is 0.0972. The Morgan fingerprint density at radius 2 is 2.05 bits per heavy atom. The molecule has 0 atom stereocenters. The van der Waals surface area contributed by atoms with Crippen LogP contribution in [0.1, 0.15) is 0 Å². The number of aliphatic carboxylic acids is 1. The maximum absolute atomic E-state index is 12.0. The van der Waals surface area contributed by atoms with Gasteiger partial charge in [-0.25, -0.2) is 4.79 Å². The third-order valence-corrected chi connectivity index (χ3v) is 4.01. The summed E-state index contributed by atoms with van der Waals surface area (Å²) in [6, 6.07) is 2.58. The van der Waals surface area contributed by atoms with Gasteiger partial charge in [0.15, 0.2) is 0 Å². The number of urea groups is 1. The van der Waals surface area contributed by atoms with Gasteiger partial charge in [0.05, 0.1) is 15.7 Å². The molecule has 0 aliphatic carbocycles. The van der Waals surface area contributed by atoms with Gasteiger partial charge < -0.3 is 15.3 Å². The summed E-state index contributed by atoms with van der Waals surface area (Å²) in [6.07, 6.45) is 1.43. The van der Waals surface area contributed by atoms with Gasteiger partial charge in [0.2, 0.25) is 0 Å². The summed E-state index contributed by atoms with van der Waals surface area (Å²) in [5.74, 6) is -1.12. The monoisotopic (exact) mass is 380 g/mol. The first-order valence-electron chi connectivity index (χ1n) is 5.39. The Labute approximate surface area is 134 Å². The first kappa shape index (κ1) is 16.8. The van der Waals surface area contributed by atoms with Crippen LogP contribution >= 0.6 is 39.1 Å². The molecule has 0 radical (unpaired) electrons. The van der Waals surface area contributed by atoms with Crippen molar-refractivity contribution < 1.29 is 14.7 Å². The van der Waals surface area contributed by atoms with E-state index in [1.807, 2.05) is 0 Å². The molecule has 0 fully saturated rings. The van der Waals surface area contributed by atoms with E-state index in [4.69, 9.17) is 28.3 Å². The molecular formula is C12H11BrCl2N2O3. The highest BCUT2D eigenvalue weighted by Crippen LogP contribution is 2.35. The largest absolute Gasteiger partial charge is 0.480 e. The van der Waals surface area contributed by atoms with E-state index < -0.39 is 18.5 Å². The maximum Gasteiger partial charge on any atom is 0.323 e. The van der Waals surface area contributed by atoms with Gasteiger partial charge in [0.25, 0.3) is 0 Å². The van der Waals surface area contributed by atoms with E-state index in [2.05, 4.69) is 27.8 Å². The molecule has 0 aliphatic heterocycles. The highest BCUT2D eigenvalue weighted by molar-refractivity contribution is 9.10. The summed E-state index contributed by atoms with van der Waals surface area (Å²) in [5, 5.41) is 11.7. The van der Waals surface area contributed by atoms with Crippen LogP contribution in [0.5, 0.6) is 0 Å². The number of amides is 2. The first-order valence-corrected chi connectivity index (χ1v) is 6.93. The molecule has 0 saturated heterocycles. The van der Waals surface area contributed by atoms with E-state index >= 15 is 0 Å². The Morgan fingerprint density at radius 1 is 1.40 bits per heavy atom. The number of benzene rings is 1. The van der Waals surface area contributed by atoms with Crippen molar-refractivity contribution in [2.75, 3.05) is 18.4 Å². The molecule has 1 aromatic rings. The molecule has 1 rings (SSSR count). The van der Waals surface area contributed by atoms with Crippen molar-refractivity contribution in [3.8, 4) is 0 Å². The zero-order valence-corrected chi connectivity index (χ0v) is 13.3. The number of nitrogens with zero attached hydrogens (tertiary/aromatic N) is 1. The van der Waals surface area contributed by atoms with Gasteiger partial charge in [-0.1, -0.05) is 29.3 Å². The Morgan fingerprint density at radius 3 is 2.60 bits per heavy atom. The lowest BCUT2D eigenvalue weighted by Crippen LogP contribution is -2.38. The summed E-state index contributed by atoms with van der Waals surface area (Å²) in [7, 11) is 0. The Balaban J connectivity index is 2.90. The minimum atomic E-state index is -1.12. The third kappa shape index (κ3) is 4.40. The second-order valence-electron chi connectivity index (χ2n) is 3.72. The quantitative estimate of drug-likeness (QED) is 0.600. The minimum Gasteiger partial charge on any atom is -0.480 e. The fraction of sp³-hybridized carbons (Fsp3) is 0.167. The van der Waals surface area contributed by atoms with E-state index in [1.54, 1.807) is 12.1 Å². The van der Waals surface area contributed by atoms with Crippen molar-refractivity contribution in [3.05, 3.63) is 39.3 Å². The van der Waals surface area contributed by atoms with E-state index in [1.165, 1.54) is 6.08 Å². The van der Waals surface area contributed by atoms with E-state index in [9.17, 15) is 9.59 Å². The molecule has 0 aromatic heterocycles. The third-order valence-electron chi connectivity index (χ3n) is 2.24. The van der Waals surface area contributed by atoms with Crippen LogP contribution in [0.3, 0.4) is 0 Å². The summed E-state index contributed by atoms with van der Waals surface area (Å²) in [4.78, 5) is 23.7. The number of hydrogen-bond donors (Lipinski definition) is 2. The normalized spacial score (nSPS) is 9.95. The van der Waals surface area contributed by atoms with Crippen LogP contribution in [0.4, 0.5) is 10.5 Å². The molecule has 0 aliphatic rings. The first-order chi connectivity index (χ1) is 9.36. The van der Waals surface area contributed by atoms with Crippen LogP contribution < -0.4 is 5.32 Å². The fourth-order valence-corrected chi connectivity index (χ4v) is 2.18. The summed E-state index contributed by atoms with van der Waals surface area (Å²) in [5.41, 5.74) is 0.296. The Bertz CT molecular complexity index is 552. The zero-order chi connectivity index (χ0) is 15.3. The molecule has 2 N–H and O–H groups in total. The smallest absolute Gasteiger partial charge is 0.323 e. The molecule has 20 heavy (non-hydrogen) atoms. The number of carbonyl (C=O) groups excluding carboxylic acids is 1. The molecule has 2 amide bonds. The van der Waals surface area contributed by atoms with Crippen LogP contribution in [0.2, 0.25) is 10.0 Å². The maximum atomic E-state index is 12.0. The average molecular weight is 382 g/mol. The predicted octanol–water partition coefficient (Wildman–Crippen LogP) is 3.86. The van der Waals surface area contributed by atoms with Crippen molar-refractivity contribution in [2.45, 2.75) is 0 Å². The number of carboxylic acid groups (broad SMARTS) is 1. The number of carboxylic acids is 1. The van der Waals surface area contributed by atoms with Crippen LogP contribution in [-0.2, 0) is 4.79 Å². The van der Waals surface area contributed by atoms with Crippen molar-refractivity contribution in [3.63, 3.8) is 0 Å². The average Bonchev–Trinajstić information content (AvgIpc) is 2.38. The number of rotatable bonds is 5. The van der Waals surface area contributed by atoms with Crippen molar-refractivity contribution in [1.29, 1.82) is 0 Å². The van der Waals surface area contributed by atoms with Crippen LogP contribution in [0, 0.1) is 0 Å². The molecule has 1 aromatic carbocycles. The SMILES string of the molecule is C=CCN(CC(=O)O)C(=O)Nc1ccc(Br)c(Cl)c1Cl. The highest BCUT2D eigenvalue weighted by Gasteiger charge is 2.17. The topological polar surface area (TPSA) is 69.6 Å². The molecule has 8 heteroatoms. The zero-order valence-electron chi connectivity index (χ0n) is 10.2. The van der Waals surface area contributed by atoms with Crippen molar-refractivity contribution >= 4 is 56.8 Å². The summed E-state index contributed by atoms with van der Waals surface area (Å²) >= 11 is 15.1. The lowest BCUT2D eigenvalue weighted by atomic mass is 10.3. The fourth-order valence-electron chi connectivity index (χ4n) is 1.36. The predicted molar refractivity (Wildman–Crippen MR) is 82.6 cm³/mol. The highest BCUT2D eigenvalue weighted by atomic mass is 79.9. The van der Waals surface area contributed by atoms with Gasteiger partial charge in [-0.05, 0) is 28.1 Å². The molecular weight excluding hydrogens is 371 g/mol. The summed E-state index contributed by atoms with van der Waals surface area (Å²) in [6.45, 7) is 3.13. The lowest BCUT2D eigenvalue weighted by molar-refractivity contribution is -0.137. The van der Waals surface area contributed by atoms with Gasteiger partial charge >= 0.3 is 12.0 Å². The number of carbonyl (C=O) groups is 2. The van der Waals surface area contributed by atoms with Crippen LogP contribution in [0.25, 0.3) is 0 Å². The second kappa shape index (κ2) is 7.52. The van der Waals surface area contributed by atoms with E-state index in [0.29, 0.717) is 10.2 Å². The molecule has 5 nitrogen and oxygen atoms in total. The van der Waals surface area contributed by atoms with Crippen LogP contribution in [-0.4, -0.2) is 35.1 Å². The van der Waals surface area contributed by atoms with Crippen molar-refractivity contribution in [1.82, 2.24) is 4.90 Å². The standard InChI is InChI=1S/C12H11BrCl2N2O3/c1-2-5-17(6-9(18)19)12(20)16-8-4-3-7(13)10(14)11(8)15/h2-4H,1,5-6H2,(H,16,20)(H,18,19). The van der Waals surface area contributed by atoms with Gasteiger partial charge in [-0.3, -0.25) is 4.79 Å². The lowest BCUT2D eigenvalue weighted by Gasteiger charge is -2.20. The molecule has 0 bridgehead atoms. The molecule has 0 spiro atoms. The number of halogens is 3. The Hall–Kier alpha value is -1.24. The number of hydrogen-bond acceptors (Lipinski definition) is 2. The van der Waals surface area contributed by atoms with E-state index in [-0.39, 0.29) is 16.6 Å². The molecule has 0 saturated carbocycles. The number of nitrogens with one attached hydrogen (secondary N) is 1.